The number of halogens is 2. The lowest BCUT2D eigenvalue weighted by Gasteiger charge is -2.27. The summed E-state index contributed by atoms with van der Waals surface area (Å²) in [6.45, 7) is 1.87. The average molecular weight is 471 g/mol. The molecular weight excluding hydrogens is 446 g/mol. The van der Waals surface area contributed by atoms with Crippen LogP contribution in [0, 0.1) is 11.6 Å². The summed E-state index contributed by atoms with van der Waals surface area (Å²) in [5.74, 6) is -1.42. The molecule has 0 amide bonds. The lowest BCUT2D eigenvalue weighted by atomic mass is 9.91. The van der Waals surface area contributed by atoms with Gasteiger partial charge in [-0.05, 0) is 47.5 Å². The SMILES string of the molecule is C[C@@H](c1cccc(N(C)C)c1)c1c(F)ccc2c1NC(=NCc1cccc(F)c1)NS2(=O)=O. The van der Waals surface area contributed by atoms with Crippen LogP contribution in [0.3, 0.4) is 0 Å². The van der Waals surface area contributed by atoms with Gasteiger partial charge in [0.05, 0.1) is 12.2 Å². The van der Waals surface area contributed by atoms with Gasteiger partial charge in [0.2, 0.25) is 5.96 Å². The van der Waals surface area contributed by atoms with Gasteiger partial charge < -0.3 is 10.2 Å². The van der Waals surface area contributed by atoms with Gasteiger partial charge in [-0.3, -0.25) is 0 Å². The van der Waals surface area contributed by atoms with Gasteiger partial charge in [-0.1, -0.05) is 31.2 Å². The molecule has 33 heavy (non-hydrogen) atoms. The topological polar surface area (TPSA) is 73.8 Å². The molecule has 3 aromatic carbocycles. The maximum atomic E-state index is 15.1. The molecule has 1 atom stereocenters. The van der Waals surface area contributed by atoms with Crippen LogP contribution in [0.5, 0.6) is 0 Å². The first-order valence-corrected chi connectivity index (χ1v) is 11.8. The molecule has 0 aliphatic carbocycles. The summed E-state index contributed by atoms with van der Waals surface area (Å²) in [6, 6.07) is 15.9. The fraction of sp³-hybridized carbons (Fsp3) is 0.208. The van der Waals surface area contributed by atoms with Crippen molar-refractivity contribution < 1.29 is 17.2 Å². The third kappa shape index (κ3) is 4.68. The normalized spacial score (nSPS) is 16.5. The number of rotatable bonds is 5. The van der Waals surface area contributed by atoms with E-state index in [9.17, 15) is 12.8 Å². The summed E-state index contributed by atoms with van der Waals surface area (Å²) in [7, 11) is -0.147. The predicted octanol–water partition coefficient (Wildman–Crippen LogP) is 4.44. The van der Waals surface area contributed by atoms with Crippen LogP contribution < -0.4 is 14.9 Å². The summed E-state index contributed by atoms with van der Waals surface area (Å²) < 4.78 is 56.7. The minimum Gasteiger partial charge on any atom is -0.378 e. The van der Waals surface area contributed by atoms with E-state index in [1.54, 1.807) is 12.1 Å². The van der Waals surface area contributed by atoms with Crippen LogP contribution in [0.4, 0.5) is 20.2 Å². The summed E-state index contributed by atoms with van der Waals surface area (Å²) in [4.78, 5) is 6.13. The van der Waals surface area contributed by atoms with Crippen LogP contribution in [-0.2, 0) is 16.6 Å². The molecule has 0 bridgehead atoms. The number of nitrogens with zero attached hydrogens (tertiary/aromatic N) is 2. The number of sulfonamides is 1. The molecule has 0 aromatic heterocycles. The van der Waals surface area contributed by atoms with Crippen molar-refractivity contribution in [2.45, 2.75) is 24.3 Å². The number of nitrogens with one attached hydrogen (secondary N) is 2. The molecule has 4 rings (SSSR count). The molecule has 1 heterocycles. The van der Waals surface area contributed by atoms with Crippen molar-refractivity contribution in [3.63, 3.8) is 0 Å². The van der Waals surface area contributed by atoms with Crippen molar-refractivity contribution in [2.24, 2.45) is 4.99 Å². The Bertz CT molecular complexity index is 1340. The highest BCUT2D eigenvalue weighted by Gasteiger charge is 2.32. The minimum absolute atomic E-state index is 0.0447. The van der Waals surface area contributed by atoms with Crippen LogP contribution in [0.15, 0.2) is 70.6 Å². The zero-order chi connectivity index (χ0) is 23.8. The first-order valence-electron chi connectivity index (χ1n) is 10.3. The van der Waals surface area contributed by atoms with Gasteiger partial charge in [0, 0.05) is 31.3 Å². The summed E-state index contributed by atoms with van der Waals surface area (Å²) in [6.07, 6.45) is 0. The largest absolute Gasteiger partial charge is 0.378 e. The Kier molecular flexibility index (Phi) is 6.07. The number of guanidine groups is 1. The third-order valence-electron chi connectivity index (χ3n) is 5.55. The van der Waals surface area contributed by atoms with Crippen molar-refractivity contribution in [1.29, 1.82) is 0 Å². The second kappa shape index (κ2) is 8.82. The smallest absolute Gasteiger partial charge is 0.266 e. The summed E-state index contributed by atoms with van der Waals surface area (Å²) in [5.41, 5.74) is 2.73. The molecule has 172 valence electrons. The monoisotopic (exact) mass is 470 g/mol. The van der Waals surface area contributed by atoms with Crippen molar-refractivity contribution in [3.05, 3.63) is 89.0 Å². The van der Waals surface area contributed by atoms with Gasteiger partial charge in [0.1, 0.15) is 16.5 Å². The molecule has 0 saturated carbocycles. The van der Waals surface area contributed by atoms with Gasteiger partial charge in [0.15, 0.2) is 0 Å². The number of hydrogen-bond donors (Lipinski definition) is 2. The second-order valence-electron chi connectivity index (χ2n) is 8.07. The third-order valence-corrected chi connectivity index (χ3v) is 6.93. The number of benzene rings is 3. The molecule has 0 radical (unpaired) electrons. The van der Waals surface area contributed by atoms with Crippen LogP contribution in [-0.4, -0.2) is 28.5 Å². The van der Waals surface area contributed by atoms with Crippen LogP contribution >= 0.6 is 0 Å². The molecule has 0 spiro atoms. The predicted molar refractivity (Wildman–Crippen MR) is 126 cm³/mol. The fourth-order valence-corrected chi connectivity index (χ4v) is 4.95. The van der Waals surface area contributed by atoms with Crippen molar-refractivity contribution >= 4 is 27.4 Å². The Morgan fingerprint density at radius 1 is 1.03 bits per heavy atom. The minimum atomic E-state index is -3.97. The number of hydrogen-bond acceptors (Lipinski definition) is 4. The fourth-order valence-electron chi connectivity index (χ4n) is 3.79. The van der Waals surface area contributed by atoms with Crippen LogP contribution in [0.25, 0.3) is 0 Å². The zero-order valence-corrected chi connectivity index (χ0v) is 19.2. The lowest BCUT2D eigenvalue weighted by Crippen LogP contribution is -2.41. The first kappa shape index (κ1) is 22.7. The zero-order valence-electron chi connectivity index (χ0n) is 18.4. The highest BCUT2D eigenvalue weighted by atomic mass is 32.2. The molecule has 3 aromatic rings. The molecule has 2 N–H and O–H groups in total. The quantitative estimate of drug-likeness (QED) is 0.578. The van der Waals surface area contributed by atoms with E-state index in [0.29, 0.717) is 5.56 Å². The molecule has 0 unspecified atom stereocenters. The Morgan fingerprint density at radius 3 is 2.52 bits per heavy atom. The molecule has 6 nitrogen and oxygen atoms in total. The average Bonchev–Trinajstić information content (AvgIpc) is 2.77. The summed E-state index contributed by atoms with van der Waals surface area (Å²) in [5, 5.41) is 2.95. The van der Waals surface area contributed by atoms with Crippen molar-refractivity contribution in [2.75, 3.05) is 24.3 Å². The Labute approximate surface area is 192 Å². The van der Waals surface area contributed by atoms with Crippen molar-refractivity contribution in [1.82, 2.24) is 4.72 Å². The molecular formula is C24H24F2N4O2S. The molecule has 9 heteroatoms. The van der Waals surface area contributed by atoms with E-state index in [1.165, 1.54) is 18.2 Å². The Hall–Kier alpha value is -3.46. The molecule has 0 saturated heterocycles. The second-order valence-corrected chi connectivity index (χ2v) is 9.72. The number of fused-ring (bicyclic) bond motifs is 1. The molecule has 1 aliphatic heterocycles. The van der Waals surface area contributed by atoms with Crippen molar-refractivity contribution in [3.8, 4) is 0 Å². The number of aliphatic imine (C=N–C) groups is 1. The van der Waals surface area contributed by atoms with E-state index < -0.39 is 27.6 Å². The Balaban J connectivity index is 1.75. The first-order chi connectivity index (χ1) is 15.7. The van der Waals surface area contributed by atoms with E-state index in [4.69, 9.17) is 0 Å². The van der Waals surface area contributed by atoms with Gasteiger partial charge in [-0.25, -0.2) is 26.9 Å². The van der Waals surface area contributed by atoms with Gasteiger partial charge in [-0.15, -0.1) is 0 Å². The van der Waals surface area contributed by atoms with E-state index in [0.717, 1.165) is 17.3 Å². The highest BCUT2D eigenvalue weighted by molar-refractivity contribution is 7.90. The molecule has 1 aliphatic rings. The number of anilines is 2. The van der Waals surface area contributed by atoms with E-state index in [1.807, 2.05) is 50.2 Å². The maximum absolute atomic E-state index is 15.1. The lowest BCUT2D eigenvalue weighted by molar-refractivity contribution is 0.586. The maximum Gasteiger partial charge on any atom is 0.266 e. The van der Waals surface area contributed by atoms with Crippen LogP contribution in [0.1, 0.15) is 29.5 Å². The van der Waals surface area contributed by atoms with E-state index in [-0.39, 0.29) is 28.7 Å². The van der Waals surface area contributed by atoms with Gasteiger partial charge in [0.25, 0.3) is 10.0 Å². The standard InChI is InChI=1S/C24H24F2N4O2S/c1-15(17-7-5-9-19(13-17)30(2)3)22-20(26)10-11-21-23(22)28-24(29-33(21,31)32)27-14-16-6-4-8-18(25)12-16/h4-13,15H,14H2,1-3H3,(H2,27,28,29)/t15-/m0/s1. The van der Waals surface area contributed by atoms with E-state index >= 15 is 4.39 Å². The van der Waals surface area contributed by atoms with E-state index in [2.05, 4.69) is 15.0 Å². The molecule has 0 fully saturated rings. The van der Waals surface area contributed by atoms with Gasteiger partial charge >= 0.3 is 0 Å². The Morgan fingerprint density at radius 2 is 1.79 bits per heavy atom. The highest BCUT2D eigenvalue weighted by Crippen LogP contribution is 2.38. The summed E-state index contributed by atoms with van der Waals surface area (Å²) >= 11 is 0. The van der Waals surface area contributed by atoms with Crippen LogP contribution in [0.2, 0.25) is 0 Å². The van der Waals surface area contributed by atoms with Gasteiger partial charge in [-0.2, -0.15) is 0 Å².